The van der Waals surface area contributed by atoms with Crippen LogP contribution in [0.15, 0.2) is 23.1 Å². The van der Waals surface area contributed by atoms with E-state index in [0.29, 0.717) is 30.0 Å². The summed E-state index contributed by atoms with van der Waals surface area (Å²) in [6.45, 7) is 2.54. The zero-order chi connectivity index (χ0) is 24.3. The Morgan fingerprint density at radius 1 is 1.00 bits per heavy atom. The molecule has 3 fully saturated rings. The summed E-state index contributed by atoms with van der Waals surface area (Å²) in [4.78, 5) is 63.0. The first-order chi connectivity index (χ1) is 16.9. The fraction of sp³-hybridized carbons (Fsp3) is 0.577. The van der Waals surface area contributed by atoms with Crippen molar-refractivity contribution in [3.8, 4) is 0 Å². The molecule has 0 unspecified atom stereocenters. The number of hydrogen-bond donors (Lipinski definition) is 1. The number of pyridine rings is 1. The second-order valence-electron chi connectivity index (χ2n) is 10.5. The van der Waals surface area contributed by atoms with Crippen LogP contribution in [0.1, 0.15) is 68.9 Å². The molecule has 2 aromatic rings. The van der Waals surface area contributed by atoms with Crippen LogP contribution in [0.25, 0.3) is 5.65 Å². The molecule has 9 nitrogen and oxygen atoms in total. The topological polar surface area (TPSA) is 104 Å². The summed E-state index contributed by atoms with van der Waals surface area (Å²) in [5.41, 5.74) is 0.0974. The number of urea groups is 1. The van der Waals surface area contributed by atoms with Crippen molar-refractivity contribution < 1.29 is 14.4 Å². The molecule has 3 aliphatic heterocycles. The number of carbonyl (C=O) groups is 3. The minimum atomic E-state index is -1.51. The van der Waals surface area contributed by atoms with Gasteiger partial charge in [-0.3, -0.25) is 29.0 Å². The van der Waals surface area contributed by atoms with Gasteiger partial charge in [-0.2, -0.15) is 0 Å². The molecule has 2 aromatic heterocycles. The van der Waals surface area contributed by atoms with Crippen LogP contribution < -0.4 is 15.8 Å². The summed E-state index contributed by atoms with van der Waals surface area (Å²) in [5.74, 6) is -0.422. The molecule has 2 atom stereocenters. The molecule has 1 N–H and O–H groups in total. The molecule has 4 amide bonds. The molecule has 35 heavy (non-hydrogen) atoms. The minimum Gasteiger partial charge on any atom is -0.352 e. The van der Waals surface area contributed by atoms with E-state index in [-0.39, 0.29) is 18.0 Å². The average Bonchev–Trinajstić information content (AvgIpc) is 3.11. The summed E-state index contributed by atoms with van der Waals surface area (Å²) in [6.07, 6.45) is 9.53. The largest absolute Gasteiger partial charge is 0.352 e. The van der Waals surface area contributed by atoms with Gasteiger partial charge in [0.25, 0.3) is 5.56 Å². The lowest BCUT2D eigenvalue weighted by Gasteiger charge is -2.52. The number of nitrogens with zero attached hydrogens (tertiary/aromatic N) is 4. The molecule has 6 rings (SSSR count). The summed E-state index contributed by atoms with van der Waals surface area (Å²) in [5, 5.41) is 2.54. The Hall–Kier alpha value is -3.23. The molecule has 1 spiro atoms. The molecular formula is C26H31N5O4. The second-order valence-corrected chi connectivity index (χ2v) is 10.5. The summed E-state index contributed by atoms with van der Waals surface area (Å²) in [6, 6.07) is 2.45. The van der Waals surface area contributed by atoms with Crippen molar-refractivity contribution in [1.82, 2.24) is 19.6 Å². The van der Waals surface area contributed by atoms with Crippen molar-refractivity contribution in [1.29, 1.82) is 0 Å². The number of amides is 4. The summed E-state index contributed by atoms with van der Waals surface area (Å²) in [7, 11) is 0. The van der Waals surface area contributed by atoms with Gasteiger partial charge in [0.1, 0.15) is 11.5 Å². The molecule has 0 bridgehead atoms. The van der Waals surface area contributed by atoms with Crippen LogP contribution in [0.3, 0.4) is 0 Å². The molecule has 4 aliphatic rings. The van der Waals surface area contributed by atoms with Gasteiger partial charge in [-0.1, -0.05) is 38.2 Å². The molecule has 184 valence electrons. The third-order valence-electron chi connectivity index (χ3n) is 8.55. The Kier molecular flexibility index (Phi) is 5.19. The SMILES string of the molecule is Cc1cccn2c(=O)c3c(nc12)N1CCCCC[C@H]1[C@@]1(C3)C(=O)NC(=O)N(C2CCCCC2)C1=O. The van der Waals surface area contributed by atoms with Gasteiger partial charge >= 0.3 is 6.03 Å². The molecule has 0 aromatic carbocycles. The molecule has 5 heterocycles. The van der Waals surface area contributed by atoms with Crippen LogP contribution in [0.4, 0.5) is 10.6 Å². The maximum Gasteiger partial charge on any atom is 0.331 e. The van der Waals surface area contributed by atoms with Gasteiger partial charge in [0, 0.05) is 25.2 Å². The van der Waals surface area contributed by atoms with Crippen LogP contribution in [0.5, 0.6) is 0 Å². The molecule has 1 aliphatic carbocycles. The van der Waals surface area contributed by atoms with Gasteiger partial charge in [0.05, 0.1) is 11.6 Å². The lowest BCUT2D eigenvalue weighted by Crippen LogP contribution is -2.73. The van der Waals surface area contributed by atoms with E-state index in [0.717, 1.165) is 56.9 Å². The number of carbonyl (C=O) groups excluding carboxylic acids is 3. The smallest absolute Gasteiger partial charge is 0.331 e. The first-order valence-electron chi connectivity index (χ1n) is 12.9. The van der Waals surface area contributed by atoms with E-state index >= 15 is 0 Å². The summed E-state index contributed by atoms with van der Waals surface area (Å²) >= 11 is 0. The quantitative estimate of drug-likeness (QED) is 0.634. The third kappa shape index (κ3) is 3.16. The van der Waals surface area contributed by atoms with Gasteiger partial charge in [-0.05, 0) is 44.2 Å². The van der Waals surface area contributed by atoms with Crippen LogP contribution in [0.2, 0.25) is 0 Å². The average molecular weight is 478 g/mol. The van der Waals surface area contributed by atoms with Crippen molar-refractivity contribution in [2.75, 3.05) is 11.4 Å². The molecule has 0 radical (unpaired) electrons. The van der Waals surface area contributed by atoms with E-state index in [9.17, 15) is 19.2 Å². The number of aromatic nitrogens is 2. The van der Waals surface area contributed by atoms with E-state index in [2.05, 4.69) is 5.32 Å². The van der Waals surface area contributed by atoms with Gasteiger partial charge in [-0.15, -0.1) is 0 Å². The highest BCUT2D eigenvalue weighted by Gasteiger charge is 2.63. The number of fused-ring (bicyclic) bond motifs is 5. The van der Waals surface area contributed by atoms with Crippen LogP contribution >= 0.6 is 0 Å². The zero-order valence-corrected chi connectivity index (χ0v) is 20.1. The number of barbiturate groups is 1. The predicted octanol–water partition coefficient (Wildman–Crippen LogP) is 2.71. The van der Waals surface area contributed by atoms with E-state index in [1.54, 1.807) is 12.3 Å². The lowest BCUT2D eigenvalue weighted by atomic mass is 9.67. The van der Waals surface area contributed by atoms with Crippen molar-refractivity contribution in [3.05, 3.63) is 39.8 Å². The second kappa shape index (κ2) is 8.17. The van der Waals surface area contributed by atoms with Crippen molar-refractivity contribution in [2.24, 2.45) is 5.41 Å². The molecule has 9 heteroatoms. The first-order valence-corrected chi connectivity index (χ1v) is 12.9. The Labute approximate surface area is 203 Å². The van der Waals surface area contributed by atoms with E-state index in [1.807, 2.05) is 17.9 Å². The van der Waals surface area contributed by atoms with Gasteiger partial charge in [0.2, 0.25) is 11.8 Å². The van der Waals surface area contributed by atoms with E-state index in [1.165, 1.54) is 9.30 Å². The number of imide groups is 2. The van der Waals surface area contributed by atoms with Gasteiger partial charge in [0.15, 0.2) is 5.41 Å². The van der Waals surface area contributed by atoms with Gasteiger partial charge < -0.3 is 4.90 Å². The summed E-state index contributed by atoms with van der Waals surface area (Å²) < 4.78 is 1.51. The van der Waals surface area contributed by atoms with Gasteiger partial charge in [-0.25, -0.2) is 9.78 Å². The number of aryl methyl sites for hydroxylation is 1. The van der Waals surface area contributed by atoms with Crippen molar-refractivity contribution in [2.45, 2.75) is 83.2 Å². The third-order valence-corrected chi connectivity index (χ3v) is 8.55. The first kappa shape index (κ1) is 22.2. The van der Waals surface area contributed by atoms with Crippen molar-refractivity contribution >= 4 is 29.3 Å². The maximum absolute atomic E-state index is 14.3. The standard InChI is InChI=1S/C26H31N5O4/c1-16-9-8-14-30-20(16)27-21-18(22(30)32)15-26(19-12-6-3-7-13-29(19)21)23(33)28-25(35)31(24(26)34)17-10-4-2-5-11-17/h8-9,14,17,19H,2-7,10-13,15H2,1H3,(H,28,33,35)/t19-,26-/m0/s1. The maximum atomic E-state index is 14.3. The van der Waals surface area contributed by atoms with Crippen LogP contribution in [0, 0.1) is 12.3 Å². The number of anilines is 1. The Morgan fingerprint density at radius 3 is 2.54 bits per heavy atom. The number of hydrogen-bond acceptors (Lipinski definition) is 6. The van der Waals surface area contributed by atoms with Crippen LogP contribution in [-0.2, 0) is 16.0 Å². The van der Waals surface area contributed by atoms with Crippen molar-refractivity contribution in [3.63, 3.8) is 0 Å². The Morgan fingerprint density at radius 2 is 1.74 bits per heavy atom. The number of rotatable bonds is 1. The predicted molar refractivity (Wildman–Crippen MR) is 129 cm³/mol. The Balaban J connectivity index is 1.56. The Bertz CT molecular complexity index is 1300. The van der Waals surface area contributed by atoms with Crippen LogP contribution in [-0.4, -0.2) is 50.8 Å². The molecule has 2 saturated heterocycles. The number of nitrogens with one attached hydrogen (secondary N) is 1. The normalized spacial score (nSPS) is 27.6. The highest BCUT2D eigenvalue weighted by molar-refractivity contribution is 6.20. The zero-order valence-electron chi connectivity index (χ0n) is 20.1. The molecule has 1 saturated carbocycles. The van der Waals surface area contributed by atoms with E-state index < -0.39 is 29.3 Å². The fourth-order valence-corrected chi connectivity index (χ4v) is 6.78. The highest BCUT2D eigenvalue weighted by atomic mass is 16.2. The monoisotopic (exact) mass is 477 g/mol. The van der Waals surface area contributed by atoms with E-state index in [4.69, 9.17) is 4.98 Å². The highest BCUT2D eigenvalue weighted by Crippen LogP contribution is 2.46. The molecular weight excluding hydrogens is 446 g/mol. The fourth-order valence-electron chi connectivity index (χ4n) is 6.78. The lowest BCUT2D eigenvalue weighted by molar-refractivity contribution is -0.155. The minimum absolute atomic E-state index is 0.0343.